The van der Waals surface area contributed by atoms with Crippen LogP contribution < -0.4 is 0 Å². The summed E-state index contributed by atoms with van der Waals surface area (Å²) in [4.78, 5) is 0. The highest BCUT2D eigenvalue weighted by Crippen LogP contribution is 2.41. The van der Waals surface area contributed by atoms with Crippen molar-refractivity contribution in [2.45, 2.75) is 18.2 Å². The summed E-state index contributed by atoms with van der Waals surface area (Å²) >= 11 is 0. The molecule has 0 aliphatic carbocycles. The Morgan fingerprint density at radius 2 is 1.08 bits per heavy atom. The fourth-order valence-corrected chi connectivity index (χ4v) is 3.07. The van der Waals surface area contributed by atoms with E-state index >= 15 is 0 Å². The second-order valence-electron chi connectivity index (χ2n) is 6.64. The summed E-state index contributed by atoms with van der Waals surface area (Å²) in [6, 6.07) is 29.4. The third-order valence-electron chi connectivity index (χ3n) is 4.46. The monoisotopic (exact) mass is 350 g/mol. The van der Waals surface area contributed by atoms with Crippen LogP contribution in [0.15, 0.2) is 91.0 Å². The molecule has 0 amide bonds. The summed E-state index contributed by atoms with van der Waals surface area (Å²) in [5.74, 6) is 0. The van der Waals surface area contributed by atoms with Gasteiger partial charge in [0, 0.05) is 0 Å². The van der Waals surface area contributed by atoms with Crippen LogP contribution in [-0.2, 0) is 10.3 Å². The molecule has 3 heteroatoms. The molecule has 3 rings (SSSR count). The predicted octanol–water partition coefficient (Wildman–Crippen LogP) is 4.72. The van der Waals surface area contributed by atoms with Crippen LogP contribution in [0.1, 0.15) is 23.6 Å². The molecule has 0 aromatic heterocycles. The van der Waals surface area contributed by atoms with Gasteiger partial charge in [0.05, 0.1) is 13.2 Å². The van der Waals surface area contributed by atoms with Gasteiger partial charge in [-0.25, -0.2) is 4.39 Å². The highest BCUT2D eigenvalue weighted by molar-refractivity contribution is 5.47. The molecule has 1 N–H and O–H groups in total. The Labute approximate surface area is 153 Å². The summed E-state index contributed by atoms with van der Waals surface area (Å²) in [6.45, 7) is 0.516. The highest BCUT2D eigenvalue weighted by atomic mass is 19.1. The Morgan fingerprint density at radius 1 is 0.731 bits per heavy atom. The van der Waals surface area contributed by atoms with Crippen molar-refractivity contribution in [3.8, 4) is 0 Å². The molecule has 0 unspecified atom stereocenters. The van der Waals surface area contributed by atoms with Crippen molar-refractivity contribution in [1.29, 1.82) is 0 Å². The smallest absolute Gasteiger partial charge is 0.154 e. The molecule has 1 atom stereocenters. The van der Waals surface area contributed by atoms with Crippen LogP contribution in [0.5, 0.6) is 0 Å². The molecule has 3 aromatic carbocycles. The van der Waals surface area contributed by atoms with Crippen molar-refractivity contribution >= 4 is 0 Å². The zero-order valence-electron chi connectivity index (χ0n) is 14.8. The fourth-order valence-electron chi connectivity index (χ4n) is 3.07. The quantitative estimate of drug-likeness (QED) is 0.625. The first kappa shape index (κ1) is 18.3. The number of aliphatic hydroxyl groups excluding tert-OH is 1. The van der Waals surface area contributed by atoms with Crippen LogP contribution in [0.25, 0.3) is 0 Å². The van der Waals surface area contributed by atoms with Crippen LogP contribution in [0, 0.1) is 0 Å². The molecule has 0 saturated heterocycles. The van der Waals surface area contributed by atoms with Crippen molar-refractivity contribution in [2.24, 2.45) is 0 Å². The standard InChI is InChI=1S/C23H23FO2/c1-22(24,17-25)18-26-23(19-11-5-2-6-12-19,20-13-7-3-8-14-20)21-15-9-4-10-16-21/h2-16,25H,17-18H2,1H3/t22-/m0/s1. The van der Waals surface area contributed by atoms with Crippen molar-refractivity contribution < 1.29 is 14.2 Å². The number of rotatable bonds is 7. The van der Waals surface area contributed by atoms with Crippen LogP contribution in [0.3, 0.4) is 0 Å². The van der Waals surface area contributed by atoms with Crippen LogP contribution in [0.2, 0.25) is 0 Å². The largest absolute Gasteiger partial charge is 0.393 e. The summed E-state index contributed by atoms with van der Waals surface area (Å²) in [7, 11) is 0. The van der Waals surface area contributed by atoms with Crippen LogP contribution >= 0.6 is 0 Å². The molecule has 0 bridgehead atoms. The minimum atomic E-state index is -1.83. The van der Waals surface area contributed by atoms with Gasteiger partial charge in [0.1, 0.15) is 5.60 Å². The predicted molar refractivity (Wildman–Crippen MR) is 102 cm³/mol. The average Bonchev–Trinajstić information content (AvgIpc) is 2.71. The third-order valence-corrected chi connectivity index (χ3v) is 4.46. The zero-order valence-corrected chi connectivity index (χ0v) is 14.8. The maximum absolute atomic E-state index is 14.5. The van der Waals surface area contributed by atoms with E-state index in [-0.39, 0.29) is 6.61 Å². The van der Waals surface area contributed by atoms with E-state index < -0.39 is 17.9 Å². The first-order valence-corrected chi connectivity index (χ1v) is 8.69. The van der Waals surface area contributed by atoms with Gasteiger partial charge in [0.2, 0.25) is 0 Å². The highest BCUT2D eigenvalue weighted by Gasteiger charge is 2.39. The first-order chi connectivity index (χ1) is 12.6. The van der Waals surface area contributed by atoms with E-state index in [2.05, 4.69) is 0 Å². The molecule has 0 aliphatic heterocycles. The van der Waals surface area contributed by atoms with E-state index in [0.29, 0.717) is 0 Å². The van der Waals surface area contributed by atoms with E-state index in [0.717, 1.165) is 16.7 Å². The fraction of sp³-hybridized carbons (Fsp3) is 0.217. The van der Waals surface area contributed by atoms with Crippen molar-refractivity contribution in [3.05, 3.63) is 108 Å². The number of hydrogen-bond donors (Lipinski definition) is 1. The lowest BCUT2D eigenvalue weighted by atomic mass is 9.80. The molecule has 0 saturated carbocycles. The Morgan fingerprint density at radius 3 is 1.38 bits per heavy atom. The normalized spacial score (nSPS) is 14.0. The first-order valence-electron chi connectivity index (χ1n) is 8.69. The number of hydrogen-bond acceptors (Lipinski definition) is 2. The molecule has 0 radical (unpaired) electrons. The van der Waals surface area contributed by atoms with Gasteiger partial charge in [-0.1, -0.05) is 91.0 Å². The molecule has 0 fully saturated rings. The lowest BCUT2D eigenvalue weighted by molar-refractivity contribution is -0.0653. The third kappa shape index (κ3) is 3.69. The minimum Gasteiger partial charge on any atom is -0.393 e. The minimum absolute atomic E-state index is 0.234. The van der Waals surface area contributed by atoms with Gasteiger partial charge in [-0.3, -0.25) is 0 Å². The van der Waals surface area contributed by atoms with Gasteiger partial charge in [-0.15, -0.1) is 0 Å². The second kappa shape index (κ2) is 7.81. The summed E-state index contributed by atoms with van der Waals surface area (Å²) in [6.07, 6.45) is 0. The number of alkyl halides is 1. The van der Waals surface area contributed by atoms with E-state index in [4.69, 9.17) is 4.74 Å². The number of aliphatic hydroxyl groups is 1. The topological polar surface area (TPSA) is 29.5 Å². The van der Waals surface area contributed by atoms with Crippen molar-refractivity contribution in [2.75, 3.05) is 13.2 Å². The van der Waals surface area contributed by atoms with Gasteiger partial charge < -0.3 is 9.84 Å². The molecule has 0 aliphatic rings. The SMILES string of the molecule is C[C@](F)(CO)COC(c1ccccc1)(c1ccccc1)c1ccccc1. The Bertz CT molecular complexity index is 705. The molecular weight excluding hydrogens is 327 g/mol. The van der Waals surface area contributed by atoms with E-state index in [9.17, 15) is 9.50 Å². The average molecular weight is 350 g/mol. The second-order valence-corrected chi connectivity index (χ2v) is 6.64. The summed E-state index contributed by atoms with van der Waals surface area (Å²) < 4.78 is 20.8. The molecule has 26 heavy (non-hydrogen) atoms. The Hall–Kier alpha value is -2.49. The van der Waals surface area contributed by atoms with Gasteiger partial charge in [-0.05, 0) is 23.6 Å². The van der Waals surface area contributed by atoms with Gasteiger partial charge in [0.25, 0.3) is 0 Å². The number of ether oxygens (including phenoxy) is 1. The maximum atomic E-state index is 14.5. The summed E-state index contributed by atoms with van der Waals surface area (Å²) in [5, 5.41) is 9.35. The molecular formula is C23H23FO2. The molecule has 134 valence electrons. The lowest BCUT2D eigenvalue weighted by Gasteiger charge is -2.37. The molecule has 0 heterocycles. The number of halogens is 1. The van der Waals surface area contributed by atoms with Crippen LogP contribution in [0.4, 0.5) is 4.39 Å². The van der Waals surface area contributed by atoms with Crippen molar-refractivity contribution in [3.63, 3.8) is 0 Å². The van der Waals surface area contributed by atoms with Gasteiger partial charge in [-0.2, -0.15) is 0 Å². The van der Waals surface area contributed by atoms with Gasteiger partial charge >= 0.3 is 0 Å². The molecule has 3 aromatic rings. The number of benzene rings is 3. The van der Waals surface area contributed by atoms with Gasteiger partial charge in [0.15, 0.2) is 5.67 Å². The Balaban J connectivity index is 2.21. The van der Waals surface area contributed by atoms with E-state index in [1.807, 2.05) is 91.0 Å². The zero-order chi connectivity index (χ0) is 18.5. The Kier molecular flexibility index (Phi) is 5.50. The van der Waals surface area contributed by atoms with E-state index in [1.54, 1.807) is 0 Å². The lowest BCUT2D eigenvalue weighted by Crippen LogP contribution is -2.39. The van der Waals surface area contributed by atoms with E-state index in [1.165, 1.54) is 6.92 Å². The van der Waals surface area contributed by atoms with Crippen molar-refractivity contribution in [1.82, 2.24) is 0 Å². The van der Waals surface area contributed by atoms with Crippen LogP contribution in [-0.4, -0.2) is 24.0 Å². The molecule has 2 nitrogen and oxygen atoms in total. The summed E-state index contributed by atoms with van der Waals surface area (Å²) in [5.41, 5.74) is -0.0704. The molecule has 0 spiro atoms. The maximum Gasteiger partial charge on any atom is 0.154 e.